The molecule has 0 aromatic rings. The maximum Gasteiger partial charge on any atom is 0.222 e. The molecule has 0 bridgehead atoms. The quantitative estimate of drug-likeness (QED) is 0.311. The summed E-state index contributed by atoms with van der Waals surface area (Å²) in [6, 6.07) is 0. The summed E-state index contributed by atoms with van der Waals surface area (Å²) in [6.07, 6.45) is 1.21. The fourth-order valence-corrected chi connectivity index (χ4v) is 1.37. The number of hydrogen-bond donors (Lipinski definition) is 0. The van der Waals surface area contributed by atoms with Crippen molar-refractivity contribution in [1.82, 2.24) is 0 Å². The van der Waals surface area contributed by atoms with Crippen molar-refractivity contribution in [1.29, 1.82) is 0 Å². The monoisotopic (exact) mass is 192 g/mol. The fourth-order valence-electron chi connectivity index (χ4n) is 0.602. The predicted molar refractivity (Wildman–Crippen MR) is 45.2 cm³/mol. The molecule has 1 atom stereocenters. The number of alkyl halides is 1. The van der Waals surface area contributed by atoms with Gasteiger partial charge in [0.25, 0.3) is 0 Å². The van der Waals surface area contributed by atoms with Crippen molar-refractivity contribution in [3.8, 4) is 0 Å². The Kier molecular flexibility index (Phi) is 2.41. The van der Waals surface area contributed by atoms with Gasteiger partial charge in [0.15, 0.2) is 5.50 Å². The van der Waals surface area contributed by atoms with E-state index in [1.807, 2.05) is 0 Å². The molecule has 11 heavy (non-hydrogen) atoms. The normalized spacial score (nSPS) is 23.3. The Hall–Kier alpha value is -0.680. The van der Waals surface area contributed by atoms with Gasteiger partial charge in [0.05, 0.1) is 6.21 Å². The molecule has 0 aromatic carbocycles. The average molecular weight is 193 g/mol. The van der Waals surface area contributed by atoms with Gasteiger partial charge in [-0.2, -0.15) is 8.42 Å². The standard InChI is InChI=1S/C5H5ClN2O2S/c1-3-7-2-4(11(9)10)5(6)8-3/h2,5H,1H3. The van der Waals surface area contributed by atoms with E-state index in [1.165, 1.54) is 6.21 Å². The first-order valence-electron chi connectivity index (χ1n) is 2.80. The van der Waals surface area contributed by atoms with Crippen LogP contribution in [0.2, 0.25) is 0 Å². The Morgan fingerprint density at radius 1 is 1.64 bits per heavy atom. The van der Waals surface area contributed by atoms with Crippen LogP contribution in [0.1, 0.15) is 6.92 Å². The summed E-state index contributed by atoms with van der Waals surface area (Å²) in [6.45, 7) is 1.65. The molecule has 0 spiro atoms. The van der Waals surface area contributed by atoms with Crippen molar-refractivity contribution in [3.05, 3.63) is 0 Å². The van der Waals surface area contributed by atoms with Crippen LogP contribution in [-0.4, -0.2) is 30.8 Å². The molecule has 0 radical (unpaired) electrons. The number of hydrogen-bond acceptors (Lipinski definition) is 4. The first kappa shape index (κ1) is 8.42. The highest BCUT2D eigenvalue weighted by Gasteiger charge is 2.14. The molecule has 0 amide bonds. The van der Waals surface area contributed by atoms with E-state index in [2.05, 4.69) is 9.98 Å². The minimum atomic E-state index is -2.32. The fraction of sp³-hybridized carbons (Fsp3) is 0.400. The van der Waals surface area contributed by atoms with Crippen LogP contribution in [0.4, 0.5) is 0 Å². The van der Waals surface area contributed by atoms with E-state index in [0.29, 0.717) is 5.84 Å². The van der Waals surface area contributed by atoms with Gasteiger partial charge in [-0.3, -0.25) is 0 Å². The Morgan fingerprint density at radius 3 is 2.73 bits per heavy atom. The maximum absolute atomic E-state index is 10.4. The van der Waals surface area contributed by atoms with E-state index in [1.54, 1.807) is 6.92 Å². The molecule has 0 saturated carbocycles. The summed E-state index contributed by atoms with van der Waals surface area (Å²) in [4.78, 5) is 7.44. The lowest BCUT2D eigenvalue weighted by Crippen LogP contribution is -2.20. The molecule has 0 aliphatic carbocycles. The summed E-state index contributed by atoms with van der Waals surface area (Å²) in [5, 5.41) is 0. The van der Waals surface area contributed by atoms with Crippen molar-refractivity contribution in [2.75, 3.05) is 0 Å². The first-order valence-corrected chi connectivity index (χ1v) is 4.31. The zero-order valence-electron chi connectivity index (χ0n) is 5.65. The van der Waals surface area contributed by atoms with Crippen LogP contribution in [0.15, 0.2) is 9.98 Å². The third-order valence-corrected chi connectivity index (χ3v) is 2.28. The summed E-state index contributed by atoms with van der Waals surface area (Å²) >= 11 is 5.56. The molecule has 0 aromatic heterocycles. The summed E-state index contributed by atoms with van der Waals surface area (Å²) < 4.78 is 20.8. The maximum atomic E-state index is 10.4. The molecule has 1 aliphatic rings. The lowest BCUT2D eigenvalue weighted by molar-refractivity contribution is 0.627. The van der Waals surface area contributed by atoms with Crippen molar-refractivity contribution >= 4 is 38.8 Å². The van der Waals surface area contributed by atoms with Crippen LogP contribution in [0.3, 0.4) is 0 Å². The second kappa shape index (κ2) is 3.15. The van der Waals surface area contributed by atoms with Crippen LogP contribution in [0.25, 0.3) is 0 Å². The molecular formula is C5H5ClN2O2S. The van der Waals surface area contributed by atoms with E-state index < -0.39 is 15.8 Å². The smallest absolute Gasteiger partial charge is 0.222 e. The van der Waals surface area contributed by atoms with Gasteiger partial charge in [-0.05, 0) is 6.92 Å². The highest BCUT2D eigenvalue weighted by molar-refractivity contribution is 7.74. The van der Waals surface area contributed by atoms with Crippen LogP contribution in [0, 0.1) is 0 Å². The number of amidine groups is 1. The number of halogens is 1. The summed E-state index contributed by atoms with van der Waals surface area (Å²) in [5.41, 5.74) is -0.814. The molecule has 0 N–H and O–H groups in total. The van der Waals surface area contributed by atoms with Gasteiger partial charge in [0.1, 0.15) is 10.7 Å². The number of nitrogens with zero attached hydrogens (tertiary/aromatic N) is 2. The van der Waals surface area contributed by atoms with E-state index in [9.17, 15) is 8.42 Å². The molecule has 0 saturated heterocycles. The zero-order chi connectivity index (χ0) is 8.43. The van der Waals surface area contributed by atoms with E-state index >= 15 is 0 Å². The van der Waals surface area contributed by atoms with Crippen molar-refractivity contribution < 1.29 is 8.42 Å². The second-order valence-electron chi connectivity index (χ2n) is 1.91. The topological polar surface area (TPSA) is 58.9 Å². The van der Waals surface area contributed by atoms with Gasteiger partial charge in [0, 0.05) is 0 Å². The number of rotatable bonds is 0. The lowest BCUT2D eigenvalue weighted by Gasteiger charge is -2.05. The van der Waals surface area contributed by atoms with Gasteiger partial charge in [-0.15, -0.1) is 0 Å². The minimum absolute atomic E-state index is 0.0114. The minimum Gasteiger partial charge on any atom is -0.245 e. The third-order valence-electron chi connectivity index (χ3n) is 1.11. The SMILES string of the molecule is CC1=NC(Cl)C(=S(=O)=O)C=N1. The van der Waals surface area contributed by atoms with Crippen molar-refractivity contribution in [3.63, 3.8) is 0 Å². The van der Waals surface area contributed by atoms with Crippen LogP contribution >= 0.6 is 11.6 Å². The molecule has 1 aliphatic heterocycles. The highest BCUT2D eigenvalue weighted by atomic mass is 35.5. The summed E-state index contributed by atoms with van der Waals surface area (Å²) in [7, 11) is -2.32. The van der Waals surface area contributed by atoms with Gasteiger partial charge >= 0.3 is 0 Å². The lowest BCUT2D eigenvalue weighted by atomic mass is 10.4. The molecule has 4 nitrogen and oxygen atoms in total. The van der Waals surface area contributed by atoms with Gasteiger partial charge in [-0.25, -0.2) is 9.98 Å². The summed E-state index contributed by atoms with van der Waals surface area (Å²) in [5.74, 6) is 0.485. The van der Waals surface area contributed by atoms with Gasteiger partial charge < -0.3 is 0 Å². The Bertz CT molecular complexity index is 347. The second-order valence-corrected chi connectivity index (χ2v) is 3.26. The molecule has 1 rings (SSSR count). The third kappa shape index (κ3) is 1.87. The zero-order valence-corrected chi connectivity index (χ0v) is 7.22. The van der Waals surface area contributed by atoms with Crippen molar-refractivity contribution in [2.45, 2.75) is 12.4 Å². The average Bonchev–Trinajstić information content (AvgIpc) is 1.85. The highest BCUT2D eigenvalue weighted by Crippen LogP contribution is 2.04. The molecule has 1 unspecified atom stereocenters. The van der Waals surface area contributed by atoms with E-state index in [-0.39, 0.29) is 4.86 Å². The van der Waals surface area contributed by atoms with Crippen LogP contribution < -0.4 is 0 Å². The Labute approximate surface area is 70.1 Å². The van der Waals surface area contributed by atoms with Crippen LogP contribution in [0.5, 0.6) is 0 Å². The van der Waals surface area contributed by atoms with Gasteiger partial charge in [0.2, 0.25) is 10.3 Å². The molecule has 6 heteroatoms. The molecular weight excluding hydrogens is 188 g/mol. The van der Waals surface area contributed by atoms with E-state index in [4.69, 9.17) is 11.6 Å². The first-order chi connectivity index (χ1) is 5.11. The van der Waals surface area contributed by atoms with Crippen molar-refractivity contribution in [2.24, 2.45) is 9.98 Å². The Balaban J connectivity index is 3.15. The Morgan fingerprint density at radius 2 is 2.27 bits per heavy atom. The molecule has 60 valence electrons. The number of aliphatic imine (C=N–C) groups is 2. The predicted octanol–water partition coefficient (Wildman–Crippen LogP) is 0.106. The van der Waals surface area contributed by atoms with E-state index in [0.717, 1.165) is 0 Å². The van der Waals surface area contributed by atoms with Gasteiger partial charge in [-0.1, -0.05) is 11.6 Å². The molecule has 0 fully saturated rings. The largest absolute Gasteiger partial charge is 0.245 e. The molecule has 1 heterocycles. The van der Waals surface area contributed by atoms with Crippen LogP contribution in [-0.2, 0) is 10.3 Å².